The van der Waals surface area contributed by atoms with E-state index in [9.17, 15) is 18.0 Å². The third kappa shape index (κ3) is 3.49. The zero-order valence-corrected chi connectivity index (χ0v) is 21.1. The third-order valence-electron chi connectivity index (χ3n) is 10.3. The quantitative estimate of drug-likeness (QED) is 0.593. The summed E-state index contributed by atoms with van der Waals surface area (Å²) in [5.41, 5.74) is -0.0481. The van der Waals surface area contributed by atoms with Crippen molar-refractivity contribution in [2.75, 3.05) is 32.8 Å². The fourth-order valence-electron chi connectivity index (χ4n) is 8.09. The molecule has 202 valence electrons. The average molecular weight is 529 g/mol. The number of alkyl halides is 3. The van der Waals surface area contributed by atoms with Crippen LogP contribution in [0.25, 0.3) is 0 Å². The van der Waals surface area contributed by atoms with Crippen LogP contribution >= 0.6 is 0 Å². The largest absolute Gasteiger partial charge is 0.477 e. The van der Waals surface area contributed by atoms with Gasteiger partial charge < -0.3 is 14.5 Å². The average Bonchev–Trinajstić information content (AvgIpc) is 3.48. The van der Waals surface area contributed by atoms with Crippen LogP contribution < -0.4 is 4.74 Å². The van der Waals surface area contributed by atoms with Crippen molar-refractivity contribution in [3.8, 4) is 5.88 Å². The second-order valence-corrected chi connectivity index (χ2v) is 13.3. The molecule has 2 aromatic rings. The molecule has 1 N–H and O–H groups in total. The van der Waals surface area contributed by atoms with Gasteiger partial charge in [0.15, 0.2) is 5.82 Å². The van der Waals surface area contributed by atoms with Crippen LogP contribution in [0.2, 0.25) is 0 Å². The number of H-pyrrole nitrogens is 1. The number of aromatic nitrogens is 4. The Kier molecular flexibility index (Phi) is 4.50. The number of ether oxygens (including phenoxy) is 1. The lowest BCUT2D eigenvalue weighted by molar-refractivity contribution is -0.265. The number of carbonyl (C=O) groups excluding carboxylic acids is 1. The predicted molar refractivity (Wildman–Crippen MR) is 128 cm³/mol. The van der Waals surface area contributed by atoms with Crippen molar-refractivity contribution in [2.45, 2.75) is 63.0 Å². The zero-order chi connectivity index (χ0) is 25.9. The van der Waals surface area contributed by atoms with Crippen LogP contribution in [0.1, 0.15) is 74.0 Å². The molecule has 0 aromatic carbocycles. The number of likely N-dealkylation sites (tertiary alicyclic amines) is 2. The number of nitrogens with zero attached hydrogens (tertiary/aromatic N) is 5. The van der Waals surface area contributed by atoms with Gasteiger partial charge in [0, 0.05) is 61.1 Å². The van der Waals surface area contributed by atoms with E-state index in [1.807, 2.05) is 9.80 Å². The Balaban J connectivity index is 0.761. The van der Waals surface area contributed by atoms with Crippen molar-refractivity contribution in [1.29, 1.82) is 0 Å². The summed E-state index contributed by atoms with van der Waals surface area (Å²) >= 11 is 0. The van der Waals surface area contributed by atoms with E-state index < -0.39 is 11.7 Å². The minimum Gasteiger partial charge on any atom is -0.477 e. The molecule has 2 bridgehead atoms. The second kappa shape index (κ2) is 7.41. The van der Waals surface area contributed by atoms with E-state index in [0.29, 0.717) is 29.8 Å². The smallest absolute Gasteiger partial charge is 0.417 e. The van der Waals surface area contributed by atoms with E-state index in [2.05, 4.69) is 15.2 Å². The van der Waals surface area contributed by atoms with Crippen LogP contribution in [0, 0.1) is 22.2 Å². The molecule has 2 aliphatic heterocycles. The monoisotopic (exact) mass is 528 g/mol. The van der Waals surface area contributed by atoms with Gasteiger partial charge in [-0.05, 0) is 62.3 Å². The fourth-order valence-corrected chi connectivity index (χ4v) is 8.09. The van der Waals surface area contributed by atoms with Gasteiger partial charge >= 0.3 is 12.2 Å². The molecule has 2 aromatic heterocycles. The van der Waals surface area contributed by atoms with Gasteiger partial charge in [0.1, 0.15) is 5.82 Å². The lowest BCUT2D eigenvalue weighted by Gasteiger charge is -2.75. The van der Waals surface area contributed by atoms with Gasteiger partial charge in [0.25, 0.3) is 0 Å². The third-order valence-corrected chi connectivity index (χ3v) is 10.3. The Labute approximate surface area is 218 Å². The highest BCUT2D eigenvalue weighted by molar-refractivity contribution is 5.76. The number of hydrogen-bond donors (Lipinski definition) is 1. The topological polar surface area (TPSA) is 87.2 Å². The number of nitrogens with one attached hydrogen (secondary N) is 1. The standard InChI is InChI=1S/C27H31F3N6O2/c28-27(29,30)18-3-4-20(31-7-18)38-15-25-10-26(11-25,12-25)19-8-35(9-19)23(37)36-13-24(14-36)5-17(6-24)22-32-21(33-34-22)16-1-2-16/h3-4,7,16-17,19H,1-2,5-6,8-15H2,(H,32,33,34). The number of amides is 2. The Hall–Kier alpha value is -2.85. The number of urea groups is 1. The summed E-state index contributed by atoms with van der Waals surface area (Å²) in [6, 6.07) is 2.49. The van der Waals surface area contributed by atoms with E-state index >= 15 is 0 Å². The van der Waals surface area contributed by atoms with Crippen LogP contribution in [-0.2, 0) is 6.18 Å². The molecule has 7 aliphatic rings. The Morgan fingerprint density at radius 3 is 2.45 bits per heavy atom. The van der Waals surface area contributed by atoms with E-state index in [1.165, 1.54) is 18.9 Å². The summed E-state index contributed by atoms with van der Waals surface area (Å²) in [4.78, 5) is 25.5. The summed E-state index contributed by atoms with van der Waals surface area (Å²) in [6.07, 6.45) is 4.26. The van der Waals surface area contributed by atoms with Crippen molar-refractivity contribution in [1.82, 2.24) is 30.0 Å². The van der Waals surface area contributed by atoms with E-state index in [-0.39, 0.29) is 22.7 Å². The molecule has 0 unspecified atom stereocenters. The Morgan fingerprint density at radius 2 is 1.82 bits per heavy atom. The molecule has 7 fully saturated rings. The maximum Gasteiger partial charge on any atom is 0.417 e. The molecule has 38 heavy (non-hydrogen) atoms. The van der Waals surface area contributed by atoms with Crippen molar-refractivity contribution < 1.29 is 22.7 Å². The molecule has 1 spiro atoms. The molecule has 5 aliphatic carbocycles. The molecule has 2 amide bonds. The lowest BCUT2D eigenvalue weighted by atomic mass is 9.31. The summed E-state index contributed by atoms with van der Waals surface area (Å²) < 4.78 is 43.8. The van der Waals surface area contributed by atoms with Gasteiger partial charge in [-0.3, -0.25) is 5.10 Å². The highest BCUT2D eigenvalue weighted by Gasteiger charge is 2.72. The molecule has 5 saturated carbocycles. The first-order valence-electron chi connectivity index (χ1n) is 13.8. The highest BCUT2D eigenvalue weighted by atomic mass is 19.4. The van der Waals surface area contributed by atoms with Gasteiger partial charge in [-0.1, -0.05) is 0 Å². The zero-order valence-electron chi connectivity index (χ0n) is 21.1. The van der Waals surface area contributed by atoms with Crippen molar-refractivity contribution >= 4 is 6.03 Å². The number of carbonyl (C=O) groups is 1. The van der Waals surface area contributed by atoms with Crippen LogP contribution in [0.5, 0.6) is 5.88 Å². The minimum absolute atomic E-state index is 0.127. The number of pyridine rings is 1. The molecule has 0 radical (unpaired) electrons. The molecule has 4 heterocycles. The summed E-state index contributed by atoms with van der Waals surface area (Å²) in [5.74, 6) is 3.83. The van der Waals surface area contributed by atoms with Gasteiger partial charge in [-0.15, -0.1) is 0 Å². The van der Waals surface area contributed by atoms with E-state index in [1.54, 1.807) is 0 Å². The van der Waals surface area contributed by atoms with E-state index in [4.69, 9.17) is 9.72 Å². The van der Waals surface area contributed by atoms with Crippen molar-refractivity contribution in [3.05, 3.63) is 35.5 Å². The molecular formula is C27H31F3N6O2. The van der Waals surface area contributed by atoms with Gasteiger partial charge in [-0.2, -0.15) is 18.3 Å². The summed E-state index contributed by atoms with van der Waals surface area (Å²) in [7, 11) is 0. The number of hydrogen-bond acceptors (Lipinski definition) is 5. The van der Waals surface area contributed by atoms with Crippen molar-refractivity contribution in [2.24, 2.45) is 22.2 Å². The summed E-state index contributed by atoms with van der Waals surface area (Å²) in [5, 5.41) is 7.56. The Morgan fingerprint density at radius 1 is 1.08 bits per heavy atom. The fraction of sp³-hybridized carbons (Fsp3) is 0.704. The SMILES string of the molecule is O=C(N1CC(C23CC(COc4ccc(C(F)(F)F)cn4)(C2)C3)C1)N1CC2(CC(c3n[nH]c(C4CC4)n3)C2)C1. The van der Waals surface area contributed by atoms with Gasteiger partial charge in [0.2, 0.25) is 5.88 Å². The predicted octanol–water partition coefficient (Wildman–Crippen LogP) is 4.58. The number of rotatable bonds is 6. The van der Waals surface area contributed by atoms with Crippen LogP contribution in [-0.4, -0.2) is 68.8 Å². The number of aromatic amines is 1. The molecule has 11 heteroatoms. The van der Waals surface area contributed by atoms with Crippen molar-refractivity contribution in [3.63, 3.8) is 0 Å². The molecule has 2 saturated heterocycles. The van der Waals surface area contributed by atoms with Crippen LogP contribution in [0.3, 0.4) is 0 Å². The molecule has 8 nitrogen and oxygen atoms in total. The van der Waals surface area contributed by atoms with E-state index in [0.717, 1.165) is 82.2 Å². The van der Waals surface area contributed by atoms with Gasteiger partial charge in [-0.25, -0.2) is 14.8 Å². The summed E-state index contributed by atoms with van der Waals surface area (Å²) in [6.45, 7) is 3.88. The van der Waals surface area contributed by atoms with Crippen LogP contribution in [0.4, 0.5) is 18.0 Å². The van der Waals surface area contributed by atoms with Crippen LogP contribution in [0.15, 0.2) is 18.3 Å². The molecule has 0 atom stereocenters. The second-order valence-electron chi connectivity index (χ2n) is 13.3. The van der Waals surface area contributed by atoms with Gasteiger partial charge in [0.05, 0.1) is 12.2 Å². The molecule has 9 rings (SSSR count). The first kappa shape index (κ1) is 23.1. The highest BCUT2D eigenvalue weighted by Crippen LogP contribution is 2.77. The first-order chi connectivity index (χ1) is 18.1. The number of halogens is 3. The normalized spacial score (nSPS) is 31.7. The Bertz CT molecular complexity index is 1250. The molecular weight excluding hydrogens is 497 g/mol. The minimum atomic E-state index is -4.39. The maximum absolute atomic E-state index is 13.0. The lowest BCUT2D eigenvalue weighted by Crippen LogP contribution is -2.74. The first-order valence-corrected chi connectivity index (χ1v) is 13.8. The maximum atomic E-state index is 13.0.